The molecule has 3 atom stereocenters. The number of rotatable bonds is 4. The molecule has 0 bridgehead atoms. The summed E-state index contributed by atoms with van der Waals surface area (Å²) in [7, 11) is -3.47. The fraction of sp³-hybridized carbons (Fsp3) is 0.667. The summed E-state index contributed by atoms with van der Waals surface area (Å²) in [5.41, 5.74) is 1.04. The first-order chi connectivity index (χ1) is 13.2. The summed E-state index contributed by atoms with van der Waals surface area (Å²) in [6, 6.07) is 7.33. The van der Waals surface area contributed by atoms with E-state index in [0.29, 0.717) is 31.1 Å². The molecule has 0 saturated carbocycles. The number of benzene rings is 1. The summed E-state index contributed by atoms with van der Waals surface area (Å²) in [6.07, 6.45) is 3.30. The lowest BCUT2D eigenvalue weighted by molar-refractivity contribution is -0.143. The van der Waals surface area contributed by atoms with Crippen LogP contribution in [0.15, 0.2) is 29.2 Å². The fourth-order valence-electron chi connectivity index (χ4n) is 4.42. The standard InChI is InChI=1S/C21H33N3O3S/c1-16-8-10-20(11-9-16)28(26,27)23-14-12-22(13-15-23)19(4)21(25)24-17(2)6-5-7-18(24)3/h8-11,17-19H,5-7,12-15H2,1-4H3/t17-,18-,19-/m0/s1. The Balaban J connectivity index is 1.63. The minimum absolute atomic E-state index is 0.176. The first-order valence-corrected chi connectivity index (χ1v) is 11.8. The normalized spacial score (nSPS) is 26.2. The average Bonchev–Trinajstić information content (AvgIpc) is 2.67. The molecule has 2 aliphatic rings. The monoisotopic (exact) mass is 407 g/mol. The van der Waals surface area contributed by atoms with Crippen LogP contribution in [0, 0.1) is 6.92 Å². The van der Waals surface area contributed by atoms with Gasteiger partial charge in [0.1, 0.15) is 0 Å². The van der Waals surface area contributed by atoms with Crippen LogP contribution in [-0.4, -0.2) is 72.7 Å². The van der Waals surface area contributed by atoms with Crippen molar-refractivity contribution in [2.75, 3.05) is 26.2 Å². The van der Waals surface area contributed by atoms with E-state index in [1.54, 1.807) is 12.1 Å². The van der Waals surface area contributed by atoms with Gasteiger partial charge in [0.15, 0.2) is 0 Å². The third kappa shape index (κ3) is 4.26. The Hall–Kier alpha value is -1.44. The summed E-state index contributed by atoms with van der Waals surface area (Å²) < 4.78 is 27.3. The average molecular weight is 408 g/mol. The number of amides is 1. The SMILES string of the molecule is Cc1ccc(S(=O)(=O)N2CCN([C@@H](C)C(=O)N3[C@@H](C)CCC[C@@H]3C)CC2)cc1. The predicted octanol–water partition coefficient (Wildman–Crippen LogP) is 2.48. The van der Waals surface area contributed by atoms with Gasteiger partial charge in [-0.3, -0.25) is 9.69 Å². The second-order valence-electron chi connectivity index (χ2n) is 8.30. The van der Waals surface area contributed by atoms with E-state index in [4.69, 9.17) is 0 Å². The Morgan fingerprint density at radius 1 is 1.00 bits per heavy atom. The topological polar surface area (TPSA) is 60.9 Å². The Bertz CT molecular complexity index is 776. The van der Waals surface area contributed by atoms with Crippen LogP contribution in [0.1, 0.15) is 45.6 Å². The van der Waals surface area contributed by atoms with E-state index in [2.05, 4.69) is 18.7 Å². The number of aryl methyl sites for hydroxylation is 1. The zero-order valence-corrected chi connectivity index (χ0v) is 18.3. The molecule has 0 aromatic heterocycles. The van der Waals surface area contributed by atoms with E-state index in [-0.39, 0.29) is 24.0 Å². The summed E-state index contributed by atoms with van der Waals surface area (Å²) >= 11 is 0. The molecular formula is C21H33N3O3S. The number of sulfonamides is 1. The highest BCUT2D eigenvalue weighted by molar-refractivity contribution is 7.89. The molecule has 3 rings (SSSR count). The van der Waals surface area contributed by atoms with Gasteiger partial charge in [0.2, 0.25) is 15.9 Å². The predicted molar refractivity (Wildman–Crippen MR) is 111 cm³/mol. The molecule has 6 nitrogen and oxygen atoms in total. The molecule has 2 saturated heterocycles. The van der Waals surface area contributed by atoms with Crippen molar-refractivity contribution >= 4 is 15.9 Å². The lowest BCUT2D eigenvalue weighted by Crippen LogP contribution is -2.58. The van der Waals surface area contributed by atoms with Gasteiger partial charge in [0.25, 0.3) is 0 Å². The molecule has 0 radical (unpaired) electrons. The van der Waals surface area contributed by atoms with E-state index in [1.165, 1.54) is 10.7 Å². The van der Waals surface area contributed by atoms with E-state index in [0.717, 1.165) is 18.4 Å². The largest absolute Gasteiger partial charge is 0.336 e. The molecule has 0 spiro atoms. The van der Waals surface area contributed by atoms with Crippen LogP contribution in [-0.2, 0) is 14.8 Å². The second kappa shape index (κ2) is 8.51. The van der Waals surface area contributed by atoms with Crippen molar-refractivity contribution in [3.63, 3.8) is 0 Å². The Labute approximate surface area is 169 Å². The van der Waals surface area contributed by atoms with Crippen LogP contribution >= 0.6 is 0 Å². The number of piperidine rings is 1. The van der Waals surface area contributed by atoms with Gasteiger partial charge in [-0.05, 0) is 59.1 Å². The van der Waals surface area contributed by atoms with Gasteiger partial charge in [-0.15, -0.1) is 0 Å². The van der Waals surface area contributed by atoms with Gasteiger partial charge in [0, 0.05) is 38.3 Å². The molecule has 2 heterocycles. The van der Waals surface area contributed by atoms with Gasteiger partial charge in [0.05, 0.1) is 10.9 Å². The fourth-order valence-corrected chi connectivity index (χ4v) is 5.84. The molecule has 7 heteroatoms. The van der Waals surface area contributed by atoms with Gasteiger partial charge in [-0.25, -0.2) is 8.42 Å². The minimum Gasteiger partial charge on any atom is -0.336 e. The van der Waals surface area contributed by atoms with Crippen molar-refractivity contribution in [2.45, 2.75) is 70.0 Å². The number of nitrogens with zero attached hydrogens (tertiary/aromatic N) is 3. The van der Waals surface area contributed by atoms with Crippen LogP contribution in [0.2, 0.25) is 0 Å². The molecule has 0 N–H and O–H groups in total. The Morgan fingerprint density at radius 2 is 1.54 bits per heavy atom. The van der Waals surface area contributed by atoms with Crippen LogP contribution in [0.5, 0.6) is 0 Å². The van der Waals surface area contributed by atoms with E-state index < -0.39 is 10.0 Å². The zero-order chi connectivity index (χ0) is 20.5. The van der Waals surface area contributed by atoms with E-state index in [1.807, 2.05) is 30.9 Å². The van der Waals surface area contributed by atoms with Crippen molar-refractivity contribution < 1.29 is 13.2 Å². The quantitative estimate of drug-likeness (QED) is 0.769. The molecule has 2 fully saturated rings. The molecule has 28 heavy (non-hydrogen) atoms. The summed E-state index contributed by atoms with van der Waals surface area (Å²) in [5, 5.41) is 0. The lowest BCUT2D eigenvalue weighted by atomic mass is 9.96. The highest BCUT2D eigenvalue weighted by Gasteiger charge is 2.36. The van der Waals surface area contributed by atoms with Crippen LogP contribution in [0.25, 0.3) is 0 Å². The maximum absolute atomic E-state index is 13.1. The number of carbonyl (C=O) groups excluding carboxylic acids is 1. The van der Waals surface area contributed by atoms with Crippen molar-refractivity contribution in [3.05, 3.63) is 29.8 Å². The van der Waals surface area contributed by atoms with Gasteiger partial charge < -0.3 is 4.90 Å². The highest BCUT2D eigenvalue weighted by atomic mass is 32.2. The number of likely N-dealkylation sites (tertiary alicyclic amines) is 1. The summed E-state index contributed by atoms with van der Waals surface area (Å²) in [5.74, 6) is 0.176. The number of piperazine rings is 1. The van der Waals surface area contributed by atoms with Gasteiger partial charge in [-0.2, -0.15) is 4.31 Å². The Morgan fingerprint density at radius 3 is 2.07 bits per heavy atom. The second-order valence-corrected chi connectivity index (χ2v) is 10.2. The lowest BCUT2D eigenvalue weighted by Gasteiger charge is -2.43. The van der Waals surface area contributed by atoms with E-state index >= 15 is 0 Å². The molecule has 0 aliphatic carbocycles. The smallest absolute Gasteiger partial charge is 0.243 e. The van der Waals surface area contributed by atoms with Crippen LogP contribution < -0.4 is 0 Å². The van der Waals surface area contributed by atoms with Crippen LogP contribution in [0.4, 0.5) is 0 Å². The molecule has 2 aliphatic heterocycles. The highest BCUT2D eigenvalue weighted by Crippen LogP contribution is 2.25. The zero-order valence-electron chi connectivity index (χ0n) is 17.5. The molecule has 1 amide bonds. The van der Waals surface area contributed by atoms with E-state index in [9.17, 15) is 13.2 Å². The molecular weight excluding hydrogens is 374 g/mol. The third-order valence-electron chi connectivity index (χ3n) is 6.29. The van der Waals surface area contributed by atoms with Crippen LogP contribution in [0.3, 0.4) is 0 Å². The maximum atomic E-state index is 13.1. The summed E-state index contributed by atoms with van der Waals surface area (Å²) in [4.78, 5) is 17.6. The molecule has 1 aromatic carbocycles. The first-order valence-electron chi connectivity index (χ1n) is 10.3. The third-order valence-corrected chi connectivity index (χ3v) is 8.20. The van der Waals surface area contributed by atoms with Crippen molar-refractivity contribution in [3.8, 4) is 0 Å². The minimum atomic E-state index is -3.47. The number of hydrogen-bond acceptors (Lipinski definition) is 4. The van der Waals surface area contributed by atoms with Gasteiger partial charge >= 0.3 is 0 Å². The summed E-state index contributed by atoms with van der Waals surface area (Å²) in [6.45, 7) is 10.2. The molecule has 0 unspecified atom stereocenters. The molecule has 156 valence electrons. The maximum Gasteiger partial charge on any atom is 0.243 e. The van der Waals surface area contributed by atoms with Crippen molar-refractivity contribution in [2.24, 2.45) is 0 Å². The molecule has 1 aromatic rings. The number of hydrogen-bond donors (Lipinski definition) is 0. The van der Waals surface area contributed by atoms with Crippen molar-refractivity contribution in [1.82, 2.24) is 14.1 Å². The van der Waals surface area contributed by atoms with Crippen molar-refractivity contribution in [1.29, 1.82) is 0 Å². The van der Waals surface area contributed by atoms with Gasteiger partial charge in [-0.1, -0.05) is 17.7 Å². The number of carbonyl (C=O) groups is 1. The Kier molecular flexibility index (Phi) is 6.47. The first kappa shape index (κ1) is 21.3.